The number of nitrogens with one attached hydrogen (secondary N) is 1. The van der Waals surface area contributed by atoms with Crippen molar-refractivity contribution in [2.75, 3.05) is 26.0 Å². The fraction of sp³-hybridized carbons (Fsp3) is 0.588. The molecule has 1 amide bonds. The van der Waals surface area contributed by atoms with Crippen molar-refractivity contribution >= 4 is 15.9 Å². The van der Waals surface area contributed by atoms with Gasteiger partial charge in [0.1, 0.15) is 0 Å². The van der Waals surface area contributed by atoms with Crippen LogP contribution >= 0.6 is 0 Å². The van der Waals surface area contributed by atoms with E-state index in [9.17, 15) is 13.2 Å². The minimum Gasteiger partial charge on any atom is -0.377 e. The Morgan fingerprint density at radius 2 is 1.92 bits per heavy atom. The topological polar surface area (TPSA) is 75.7 Å². The summed E-state index contributed by atoms with van der Waals surface area (Å²) >= 11 is 0. The summed E-state index contributed by atoms with van der Waals surface area (Å²) in [7, 11) is -3.17. The van der Waals surface area contributed by atoms with Crippen LogP contribution in [0.4, 0.5) is 0 Å². The third-order valence-electron chi connectivity index (χ3n) is 4.02. The predicted molar refractivity (Wildman–Crippen MR) is 92.9 cm³/mol. The molecule has 1 aliphatic heterocycles. The van der Waals surface area contributed by atoms with Crippen molar-refractivity contribution in [3.63, 3.8) is 0 Å². The van der Waals surface area contributed by atoms with E-state index in [0.29, 0.717) is 52.0 Å². The molecule has 0 spiro atoms. The summed E-state index contributed by atoms with van der Waals surface area (Å²) in [6.07, 6.45) is 3.68. The lowest BCUT2D eigenvalue weighted by Gasteiger charge is -2.32. The number of rotatable bonds is 8. The number of piperidine rings is 1. The van der Waals surface area contributed by atoms with Crippen LogP contribution < -0.4 is 4.72 Å². The van der Waals surface area contributed by atoms with E-state index in [1.807, 2.05) is 35.2 Å². The number of sulfonamides is 1. The van der Waals surface area contributed by atoms with Gasteiger partial charge in [-0.25, -0.2) is 13.1 Å². The standard InChI is InChI=1S/C17H26N2O4S/c1-24(21,22)18-16-9-11-19(12-10-16)17(20)8-5-13-23-14-15-6-3-2-4-7-15/h2-4,6-7,16,18H,5,8-14H2,1H3. The van der Waals surface area contributed by atoms with E-state index in [4.69, 9.17) is 4.74 Å². The van der Waals surface area contributed by atoms with Crippen molar-refractivity contribution in [2.45, 2.75) is 38.3 Å². The minimum atomic E-state index is -3.17. The summed E-state index contributed by atoms with van der Waals surface area (Å²) < 4.78 is 30.6. The first-order valence-corrected chi connectivity index (χ1v) is 10.2. The second-order valence-electron chi connectivity index (χ2n) is 6.19. The molecule has 1 fully saturated rings. The Kier molecular flexibility index (Phi) is 7.20. The second-order valence-corrected chi connectivity index (χ2v) is 7.97. The quantitative estimate of drug-likeness (QED) is 0.718. The minimum absolute atomic E-state index is 0.0572. The molecule has 1 heterocycles. The van der Waals surface area contributed by atoms with Crippen LogP contribution in [0.2, 0.25) is 0 Å². The summed E-state index contributed by atoms with van der Waals surface area (Å²) in [5, 5.41) is 0. The molecule has 1 aliphatic rings. The molecule has 2 rings (SSSR count). The molecule has 0 bridgehead atoms. The van der Waals surface area contributed by atoms with Gasteiger partial charge in [0.05, 0.1) is 12.9 Å². The van der Waals surface area contributed by atoms with Crippen LogP contribution in [0.1, 0.15) is 31.2 Å². The van der Waals surface area contributed by atoms with E-state index in [1.54, 1.807) is 0 Å². The molecule has 0 aromatic heterocycles. The average molecular weight is 354 g/mol. The van der Waals surface area contributed by atoms with Gasteiger partial charge in [-0.3, -0.25) is 4.79 Å². The van der Waals surface area contributed by atoms with Crippen LogP contribution in [0, 0.1) is 0 Å². The van der Waals surface area contributed by atoms with E-state index >= 15 is 0 Å². The normalized spacial score (nSPS) is 16.3. The van der Waals surface area contributed by atoms with Crippen LogP contribution in [-0.4, -0.2) is 51.2 Å². The molecule has 0 unspecified atom stereocenters. The third kappa shape index (κ3) is 6.98. The van der Waals surface area contributed by atoms with Gasteiger partial charge in [-0.1, -0.05) is 30.3 Å². The average Bonchev–Trinajstić information content (AvgIpc) is 2.54. The first kappa shape index (κ1) is 18.9. The van der Waals surface area contributed by atoms with E-state index in [0.717, 1.165) is 5.56 Å². The van der Waals surface area contributed by atoms with Gasteiger partial charge in [0.2, 0.25) is 15.9 Å². The smallest absolute Gasteiger partial charge is 0.222 e. The van der Waals surface area contributed by atoms with Crippen molar-refractivity contribution in [3.8, 4) is 0 Å². The predicted octanol–water partition coefficient (Wildman–Crippen LogP) is 1.52. The molecule has 0 saturated carbocycles. The van der Waals surface area contributed by atoms with E-state index in [-0.39, 0.29) is 11.9 Å². The van der Waals surface area contributed by atoms with Gasteiger partial charge in [-0.05, 0) is 24.8 Å². The lowest BCUT2D eigenvalue weighted by molar-refractivity contribution is -0.132. The molecule has 0 radical (unpaired) electrons. The Balaban J connectivity index is 1.58. The summed E-state index contributed by atoms with van der Waals surface area (Å²) in [5.41, 5.74) is 1.13. The lowest BCUT2D eigenvalue weighted by atomic mass is 10.1. The van der Waals surface area contributed by atoms with Gasteiger partial charge in [-0.15, -0.1) is 0 Å². The van der Waals surface area contributed by atoms with Gasteiger partial charge in [-0.2, -0.15) is 0 Å². The molecule has 0 atom stereocenters. The van der Waals surface area contributed by atoms with Crippen molar-refractivity contribution in [1.29, 1.82) is 0 Å². The Bertz CT molecular complexity index is 611. The van der Waals surface area contributed by atoms with Gasteiger partial charge in [0, 0.05) is 32.2 Å². The van der Waals surface area contributed by atoms with Crippen molar-refractivity contribution in [2.24, 2.45) is 0 Å². The molecule has 134 valence electrons. The van der Waals surface area contributed by atoms with Crippen molar-refractivity contribution in [3.05, 3.63) is 35.9 Å². The number of ether oxygens (including phenoxy) is 1. The Hall–Kier alpha value is -1.44. The maximum absolute atomic E-state index is 12.2. The molecule has 1 N–H and O–H groups in total. The number of carbonyl (C=O) groups excluding carboxylic acids is 1. The van der Waals surface area contributed by atoms with Gasteiger partial charge in [0.15, 0.2) is 0 Å². The molecule has 7 heteroatoms. The number of benzene rings is 1. The Labute approximate surface area is 144 Å². The van der Waals surface area contributed by atoms with Crippen LogP contribution in [0.25, 0.3) is 0 Å². The maximum atomic E-state index is 12.2. The first-order chi connectivity index (χ1) is 11.4. The summed E-state index contributed by atoms with van der Waals surface area (Å²) in [5.74, 6) is 0.121. The van der Waals surface area contributed by atoms with E-state index < -0.39 is 10.0 Å². The highest BCUT2D eigenvalue weighted by Crippen LogP contribution is 2.13. The number of hydrogen-bond donors (Lipinski definition) is 1. The first-order valence-electron chi connectivity index (χ1n) is 8.31. The highest BCUT2D eigenvalue weighted by Gasteiger charge is 2.24. The largest absolute Gasteiger partial charge is 0.377 e. The molecular weight excluding hydrogens is 328 g/mol. The molecule has 1 aromatic rings. The van der Waals surface area contributed by atoms with E-state index in [2.05, 4.69) is 4.72 Å². The number of carbonyl (C=O) groups is 1. The molecular formula is C17H26N2O4S. The number of likely N-dealkylation sites (tertiary alicyclic amines) is 1. The zero-order valence-corrected chi connectivity index (χ0v) is 14.9. The zero-order chi connectivity index (χ0) is 17.4. The molecule has 6 nitrogen and oxygen atoms in total. The van der Waals surface area contributed by atoms with Gasteiger partial charge < -0.3 is 9.64 Å². The van der Waals surface area contributed by atoms with Crippen molar-refractivity contribution < 1.29 is 17.9 Å². The van der Waals surface area contributed by atoms with E-state index in [1.165, 1.54) is 6.26 Å². The Morgan fingerprint density at radius 3 is 2.54 bits per heavy atom. The Morgan fingerprint density at radius 1 is 1.25 bits per heavy atom. The second kappa shape index (κ2) is 9.15. The number of hydrogen-bond acceptors (Lipinski definition) is 4. The SMILES string of the molecule is CS(=O)(=O)NC1CCN(C(=O)CCCOCc2ccccc2)CC1. The summed E-state index contributed by atoms with van der Waals surface area (Å²) in [6, 6.07) is 9.89. The highest BCUT2D eigenvalue weighted by molar-refractivity contribution is 7.88. The fourth-order valence-corrected chi connectivity index (χ4v) is 3.64. The summed E-state index contributed by atoms with van der Waals surface area (Å²) in [4.78, 5) is 14.0. The fourth-order valence-electron chi connectivity index (χ4n) is 2.80. The molecule has 24 heavy (non-hydrogen) atoms. The molecule has 0 aliphatic carbocycles. The van der Waals surface area contributed by atoms with Crippen LogP contribution in [0.3, 0.4) is 0 Å². The molecule has 1 aromatic carbocycles. The highest BCUT2D eigenvalue weighted by atomic mass is 32.2. The van der Waals surface area contributed by atoms with Crippen LogP contribution in [0.5, 0.6) is 0 Å². The molecule has 1 saturated heterocycles. The zero-order valence-electron chi connectivity index (χ0n) is 14.1. The number of amides is 1. The van der Waals surface area contributed by atoms with Gasteiger partial charge in [0.25, 0.3) is 0 Å². The van der Waals surface area contributed by atoms with Crippen LogP contribution in [-0.2, 0) is 26.2 Å². The maximum Gasteiger partial charge on any atom is 0.222 e. The summed E-state index contributed by atoms with van der Waals surface area (Å²) in [6.45, 7) is 2.35. The lowest BCUT2D eigenvalue weighted by Crippen LogP contribution is -2.46. The van der Waals surface area contributed by atoms with Crippen molar-refractivity contribution in [1.82, 2.24) is 9.62 Å². The van der Waals surface area contributed by atoms with Gasteiger partial charge >= 0.3 is 0 Å². The number of nitrogens with zero attached hydrogens (tertiary/aromatic N) is 1. The monoisotopic (exact) mass is 354 g/mol. The van der Waals surface area contributed by atoms with Crippen LogP contribution in [0.15, 0.2) is 30.3 Å². The third-order valence-corrected chi connectivity index (χ3v) is 4.78.